The van der Waals surface area contributed by atoms with Gasteiger partial charge in [-0.05, 0) is 18.6 Å². The fourth-order valence-corrected chi connectivity index (χ4v) is 2.64. The molecule has 1 aliphatic heterocycles. The smallest absolute Gasteiger partial charge is 0.324 e. The van der Waals surface area contributed by atoms with Crippen LogP contribution >= 0.6 is 0 Å². The maximum Gasteiger partial charge on any atom is 0.324 e. The van der Waals surface area contributed by atoms with Crippen molar-refractivity contribution in [2.45, 2.75) is 13.0 Å². The number of carbonyl (C=O) groups is 2. The van der Waals surface area contributed by atoms with Crippen molar-refractivity contribution < 1.29 is 14.5 Å². The lowest BCUT2D eigenvalue weighted by Gasteiger charge is -2.12. The van der Waals surface area contributed by atoms with Crippen molar-refractivity contribution in [2.75, 3.05) is 13.1 Å². The van der Waals surface area contributed by atoms with E-state index in [4.69, 9.17) is 0 Å². The molecule has 2 heterocycles. The maximum atomic E-state index is 11.5. The zero-order valence-electron chi connectivity index (χ0n) is 11.7. The van der Waals surface area contributed by atoms with E-state index in [1.807, 2.05) is 10.6 Å². The number of carbonyl (C=O) groups excluding carboxylic acids is 2. The molecule has 3 rings (SSSR count). The fraction of sp³-hybridized carbons (Fsp3) is 0.286. The number of nitrogens with zero attached hydrogens (tertiary/aromatic N) is 3. The molecule has 1 fully saturated rings. The molecule has 0 aliphatic carbocycles. The topological polar surface area (TPSA) is 97.5 Å². The quantitative estimate of drug-likeness (QED) is 0.514. The molecule has 8 nitrogen and oxygen atoms in total. The standard InChI is InChI=1S/C14H14N4O4/c19-13-9-15-14(20)17(13)7-2-6-16-8-5-10-11(16)3-1-4-12(10)18(21)22/h1,3-5,8H,2,6-7,9H2,(H,15,20). The van der Waals surface area contributed by atoms with Gasteiger partial charge in [-0.1, -0.05) is 6.07 Å². The number of amides is 3. The highest BCUT2D eigenvalue weighted by Crippen LogP contribution is 2.26. The van der Waals surface area contributed by atoms with Gasteiger partial charge in [0.05, 0.1) is 22.4 Å². The predicted molar refractivity (Wildman–Crippen MR) is 78.3 cm³/mol. The van der Waals surface area contributed by atoms with Crippen LogP contribution in [0.2, 0.25) is 0 Å². The highest BCUT2D eigenvalue weighted by atomic mass is 16.6. The van der Waals surface area contributed by atoms with E-state index in [0.717, 1.165) is 5.52 Å². The number of urea groups is 1. The van der Waals surface area contributed by atoms with Crippen LogP contribution in [0.15, 0.2) is 30.5 Å². The molecule has 0 bridgehead atoms. The predicted octanol–water partition coefficient (Wildman–Crippen LogP) is 1.49. The van der Waals surface area contributed by atoms with Gasteiger partial charge in [0.1, 0.15) is 0 Å². The molecule has 1 aliphatic rings. The molecule has 3 amide bonds. The second-order valence-corrected chi connectivity index (χ2v) is 5.03. The van der Waals surface area contributed by atoms with E-state index in [9.17, 15) is 19.7 Å². The number of benzene rings is 1. The lowest BCUT2D eigenvalue weighted by molar-refractivity contribution is -0.383. The number of nitrogens with one attached hydrogen (secondary N) is 1. The van der Waals surface area contributed by atoms with Crippen LogP contribution in [0.1, 0.15) is 6.42 Å². The second kappa shape index (κ2) is 5.47. The lowest BCUT2D eigenvalue weighted by atomic mass is 10.2. The van der Waals surface area contributed by atoms with Crippen LogP contribution in [0.25, 0.3) is 10.9 Å². The molecule has 0 atom stereocenters. The van der Waals surface area contributed by atoms with Crippen molar-refractivity contribution in [3.05, 3.63) is 40.6 Å². The molecule has 1 N–H and O–H groups in total. The van der Waals surface area contributed by atoms with Gasteiger partial charge in [0.15, 0.2) is 0 Å². The third kappa shape index (κ3) is 2.39. The van der Waals surface area contributed by atoms with Gasteiger partial charge in [-0.15, -0.1) is 0 Å². The van der Waals surface area contributed by atoms with Crippen LogP contribution in [-0.2, 0) is 11.3 Å². The molecule has 0 radical (unpaired) electrons. The average Bonchev–Trinajstić information content (AvgIpc) is 3.05. The Kier molecular flexibility index (Phi) is 3.50. The normalized spacial score (nSPS) is 14.6. The van der Waals surface area contributed by atoms with E-state index in [2.05, 4.69) is 5.32 Å². The summed E-state index contributed by atoms with van der Waals surface area (Å²) in [7, 11) is 0. The Labute approximate surface area is 125 Å². The van der Waals surface area contributed by atoms with Gasteiger partial charge in [-0.25, -0.2) is 4.79 Å². The van der Waals surface area contributed by atoms with Gasteiger partial charge >= 0.3 is 6.03 Å². The van der Waals surface area contributed by atoms with Gasteiger partial charge in [-0.3, -0.25) is 19.8 Å². The first kappa shape index (κ1) is 14.1. The number of rotatable bonds is 5. The summed E-state index contributed by atoms with van der Waals surface area (Å²) in [6.45, 7) is 0.957. The van der Waals surface area contributed by atoms with Crippen molar-refractivity contribution >= 4 is 28.5 Å². The van der Waals surface area contributed by atoms with Crippen molar-refractivity contribution in [3.8, 4) is 0 Å². The van der Waals surface area contributed by atoms with Crippen LogP contribution in [0.4, 0.5) is 10.5 Å². The number of non-ortho nitro benzene ring substituents is 1. The number of aromatic nitrogens is 1. The minimum atomic E-state index is -0.403. The summed E-state index contributed by atoms with van der Waals surface area (Å²) in [5.41, 5.74) is 0.844. The molecule has 114 valence electrons. The van der Waals surface area contributed by atoms with Crippen molar-refractivity contribution in [1.29, 1.82) is 0 Å². The fourth-order valence-electron chi connectivity index (χ4n) is 2.64. The summed E-state index contributed by atoms with van der Waals surface area (Å²) >= 11 is 0. The molecule has 0 unspecified atom stereocenters. The molecule has 22 heavy (non-hydrogen) atoms. The Balaban J connectivity index is 1.72. The zero-order chi connectivity index (χ0) is 15.7. The first-order valence-corrected chi connectivity index (χ1v) is 6.88. The summed E-state index contributed by atoms with van der Waals surface area (Å²) in [6, 6.07) is 6.28. The summed E-state index contributed by atoms with van der Waals surface area (Å²) < 4.78 is 1.89. The Bertz CT molecular complexity index is 751. The van der Waals surface area contributed by atoms with E-state index >= 15 is 0 Å². The number of imide groups is 1. The molecule has 1 aromatic heterocycles. The van der Waals surface area contributed by atoms with Crippen LogP contribution in [0.5, 0.6) is 0 Å². The minimum absolute atomic E-state index is 0.0531. The number of hydrogen-bond acceptors (Lipinski definition) is 4. The highest BCUT2D eigenvalue weighted by Gasteiger charge is 2.27. The van der Waals surface area contributed by atoms with E-state index in [1.54, 1.807) is 18.3 Å². The number of fused-ring (bicyclic) bond motifs is 1. The Morgan fingerprint density at radius 3 is 2.73 bits per heavy atom. The maximum absolute atomic E-state index is 11.5. The summed E-state index contributed by atoms with van der Waals surface area (Å²) in [4.78, 5) is 34.7. The van der Waals surface area contributed by atoms with E-state index in [1.165, 1.54) is 11.0 Å². The Hall–Kier alpha value is -2.90. The molecular formula is C14H14N4O4. The van der Waals surface area contributed by atoms with Gasteiger partial charge in [0.2, 0.25) is 5.91 Å². The zero-order valence-corrected chi connectivity index (χ0v) is 11.7. The van der Waals surface area contributed by atoms with Crippen LogP contribution in [0, 0.1) is 10.1 Å². The Morgan fingerprint density at radius 1 is 1.23 bits per heavy atom. The SMILES string of the molecule is O=C1CNC(=O)N1CCCn1ccc2c([N+](=O)[O-])cccc21. The first-order chi connectivity index (χ1) is 10.6. The van der Waals surface area contributed by atoms with E-state index < -0.39 is 4.92 Å². The van der Waals surface area contributed by atoms with Gasteiger partial charge < -0.3 is 9.88 Å². The monoisotopic (exact) mass is 302 g/mol. The lowest BCUT2D eigenvalue weighted by Crippen LogP contribution is -2.32. The Morgan fingerprint density at radius 2 is 2.05 bits per heavy atom. The molecule has 1 saturated heterocycles. The van der Waals surface area contributed by atoms with E-state index in [-0.39, 0.29) is 24.2 Å². The van der Waals surface area contributed by atoms with Gasteiger partial charge in [0, 0.05) is 25.4 Å². The second-order valence-electron chi connectivity index (χ2n) is 5.03. The van der Waals surface area contributed by atoms with Gasteiger partial charge in [0.25, 0.3) is 5.69 Å². The highest BCUT2D eigenvalue weighted by molar-refractivity contribution is 6.01. The van der Waals surface area contributed by atoms with E-state index in [0.29, 0.717) is 24.9 Å². The molecular weight excluding hydrogens is 288 g/mol. The number of nitro benzene ring substituents is 1. The van der Waals surface area contributed by atoms with Crippen LogP contribution < -0.4 is 5.32 Å². The van der Waals surface area contributed by atoms with Crippen molar-refractivity contribution in [3.63, 3.8) is 0 Å². The molecule has 0 spiro atoms. The van der Waals surface area contributed by atoms with Crippen molar-refractivity contribution in [2.24, 2.45) is 0 Å². The molecule has 0 saturated carbocycles. The summed E-state index contributed by atoms with van der Waals surface area (Å²) in [6.07, 6.45) is 2.37. The summed E-state index contributed by atoms with van der Waals surface area (Å²) in [5, 5.41) is 14.0. The number of nitro groups is 1. The number of hydrogen-bond donors (Lipinski definition) is 1. The minimum Gasteiger partial charge on any atom is -0.347 e. The molecule has 2 aromatic rings. The molecule has 1 aromatic carbocycles. The average molecular weight is 302 g/mol. The summed E-state index contributed by atoms with van der Waals surface area (Å²) in [5.74, 6) is -0.224. The van der Waals surface area contributed by atoms with Crippen molar-refractivity contribution in [1.82, 2.24) is 14.8 Å². The van der Waals surface area contributed by atoms with Gasteiger partial charge in [-0.2, -0.15) is 0 Å². The third-order valence-corrected chi connectivity index (χ3v) is 3.71. The largest absolute Gasteiger partial charge is 0.347 e. The molecule has 8 heteroatoms. The first-order valence-electron chi connectivity index (χ1n) is 6.88. The van der Waals surface area contributed by atoms with Crippen LogP contribution in [0.3, 0.4) is 0 Å². The third-order valence-electron chi connectivity index (χ3n) is 3.71. The number of aryl methyl sites for hydroxylation is 1. The van der Waals surface area contributed by atoms with Crippen LogP contribution in [-0.4, -0.2) is 39.4 Å².